The molecule has 0 radical (unpaired) electrons. The SMILES string of the molecule is COc1ccc(CC#Cc2ccc3c(c2)S(=O)(=O)N(Cc2ccccc2)C(=O)N3C)cc1. The number of methoxy groups -OCH3 is 1. The Bertz CT molecular complexity index is 1310. The Balaban J connectivity index is 1.62. The summed E-state index contributed by atoms with van der Waals surface area (Å²) in [6, 6.07) is 21.0. The number of benzene rings is 3. The average molecular weight is 447 g/mol. The van der Waals surface area contributed by atoms with Crippen molar-refractivity contribution in [1.29, 1.82) is 0 Å². The Hall–Kier alpha value is -3.76. The Labute approximate surface area is 188 Å². The monoisotopic (exact) mass is 446 g/mol. The van der Waals surface area contributed by atoms with E-state index in [-0.39, 0.29) is 11.4 Å². The summed E-state index contributed by atoms with van der Waals surface area (Å²) in [5.41, 5.74) is 2.68. The van der Waals surface area contributed by atoms with Crippen molar-refractivity contribution in [1.82, 2.24) is 4.31 Å². The van der Waals surface area contributed by atoms with Crippen molar-refractivity contribution in [2.24, 2.45) is 0 Å². The summed E-state index contributed by atoms with van der Waals surface area (Å²) in [6.45, 7) is -0.0286. The van der Waals surface area contributed by atoms with E-state index in [0.29, 0.717) is 17.7 Å². The fraction of sp³-hybridized carbons (Fsp3) is 0.160. The smallest absolute Gasteiger partial charge is 0.338 e. The Kier molecular flexibility index (Phi) is 5.89. The molecule has 0 unspecified atom stereocenters. The quantitative estimate of drug-likeness (QED) is 0.567. The van der Waals surface area contributed by atoms with E-state index in [2.05, 4.69) is 11.8 Å². The van der Waals surface area contributed by atoms with Crippen LogP contribution in [0, 0.1) is 11.8 Å². The number of anilines is 1. The maximum absolute atomic E-state index is 13.3. The van der Waals surface area contributed by atoms with Crippen molar-refractivity contribution in [2.75, 3.05) is 19.1 Å². The van der Waals surface area contributed by atoms with Gasteiger partial charge in [0.2, 0.25) is 0 Å². The molecule has 1 aliphatic heterocycles. The number of ether oxygens (including phenoxy) is 1. The number of hydrogen-bond acceptors (Lipinski definition) is 4. The van der Waals surface area contributed by atoms with Gasteiger partial charge in [-0.15, -0.1) is 0 Å². The van der Waals surface area contributed by atoms with Crippen molar-refractivity contribution >= 4 is 21.7 Å². The van der Waals surface area contributed by atoms with Crippen LogP contribution in [0.15, 0.2) is 77.7 Å². The fourth-order valence-electron chi connectivity index (χ4n) is 3.46. The molecule has 3 aromatic rings. The van der Waals surface area contributed by atoms with Gasteiger partial charge in [0.05, 0.1) is 19.3 Å². The number of nitrogens with zero attached hydrogens (tertiary/aromatic N) is 2. The molecular formula is C25H22N2O4S. The number of fused-ring (bicyclic) bond motifs is 1. The van der Waals surface area contributed by atoms with Crippen LogP contribution >= 0.6 is 0 Å². The molecule has 2 amide bonds. The van der Waals surface area contributed by atoms with E-state index in [1.165, 1.54) is 11.0 Å². The van der Waals surface area contributed by atoms with Crippen LogP contribution in [0.3, 0.4) is 0 Å². The first-order valence-corrected chi connectivity index (χ1v) is 11.4. The van der Waals surface area contributed by atoms with Crippen LogP contribution in [-0.2, 0) is 23.0 Å². The van der Waals surface area contributed by atoms with Gasteiger partial charge in [-0.3, -0.25) is 4.90 Å². The van der Waals surface area contributed by atoms with Gasteiger partial charge < -0.3 is 4.74 Å². The zero-order valence-corrected chi connectivity index (χ0v) is 18.6. The Morgan fingerprint density at radius 2 is 1.66 bits per heavy atom. The third-order valence-electron chi connectivity index (χ3n) is 5.24. The number of hydrogen-bond donors (Lipinski definition) is 0. The van der Waals surface area contributed by atoms with Gasteiger partial charge in [0, 0.05) is 19.0 Å². The summed E-state index contributed by atoms with van der Waals surface area (Å²) in [7, 11) is -0.822. The fourth-order valence-corrected chi connectivity index (χ4v) is 5.09. The zero-order valence-electron chi connectivity index (χ0n) is 17.8. The van der Waals surface area contributed by atoms with Crippen molar-refractivity contribution in [2.45, 2.75) is 17.9 Å². The van der Waals surface area contributed by atoms with Crippen LogP contribution in [0.5, 0.6) is 5.75 Å². The lowest BCUT2D eigenvalue weighted by atomic mass is 10.1. The third kappa shape index (κ3) is 4.18. The van der Waals surface area contributed by atoms with Gasteiger partial charge >= 0.3 is 6.03 Å². The van der Waals surface area contributed by atoms with Crippen LogP contribution in [-0.4, -0.2) is 32.9 Å². The van der Waals surface area contributed by atoms with E-state index >= 15 is 0 Å². The van der Waals surface area contributed by atoms with E-state index in [9.17, 15) is 13.2 Å². The summed E-state index contributed by atoms with van der Waals surface area (Å²) in [5, 5.41) is 0. The summed E-state index contributed by atoms with van der Waals surface area (Å²) in [4.78, 5) is 14.2. The van der Waals surface area contributed by atoms with Crippen LogP contribution < -0.4 is 9.64 Å². The molecule has 1 aliphatic rings. The van der Waals surface area contributed by atoms with Crippen molar-refractivity contribution in [3.8, 4) is 17.6 Å². The molecule has 0 aromatic heterocycles. The molecule has 4 rings (SSSR count). The lowest BCUT2D eigenvalue weighted by Gasteiger charge is -2.34. The lowest BCUT2D eigenvalue weighted by Crippen LogP contribution is -2.48. The van der Waals surface area contributed by atoms with Crippen LogP contribution in [0.4, 0.5) is 10.5 Å². The van der Waals surface area contributed by atoms with Gasteiger partial charge in [-0.2, -0.15) is 0 Å². The number of carbonyl (C=O) groups is 1. The van der Waals surface area contributed by atoms with Gasteiger partial charge in [0.25, 0.3) is 10.0 Å². The first-order chi connectivity index (χ1) is 15.4. The first-order valence-electron chi connectivity index (χ1n) is 10.0. The largest absolute Gasteiger partial charge is 0.497 e. The highest BCUT2D eigenvalue weighted by Gasteiger charge is 2.40. The molecule has 0 aliphatic carbocycles. The molecule has 3 aromatic carbocycles. The molecule has 0 saturated carbocycles. The van der Waals surface area contributed by atoms with Gasteiger partial charge in [-0.05, 0) is 41.5 Å². The van der Waals surface area contributed by atoms with E-state index in [1.54, 1.807) is 38.4 Å². The molecule has 162 valence electrons. The molecule has 0 fully saturated rings. The number of rotatable bonds is 4. The zero-order chi connectivity index (χ0) is 22.7. The maximum Gasteiger partial charge on any atom is 0.338 e. The highest BCUT2D eigenvalue weighted by molar-refractivity contribution is 7.90. The minimum absolute atomic E-state index is 0.0286. The van der Waals surface area contributed by atoms with Gasteiger partial charge in [-0.1, -0.05) is 54.3 Å². The van der Waals surface area contributed by atoms with E-state index in [1.807, 2.05) is 42.5 Å². The van der Waals surface area contributed by atoms with Gasteiger partial charge in [0.15, 0.2) is 0 Å². The van der Waals surface area contributed by atoms with E-state index in [0.717, 1.165) is 21.2 Å². The average Bonchev–Trinajstić information content (AvgIpc) is 2.82. The minimum atomic E-state index is -4.01. The van der Waals surface area contributed by atoms with E-state index < -0.39 is 16.1 Å². The Morgan fingerprint density at radius 1 is 0.938 bits per heavy atom. The molecular weight excluding hydrogens is 424 g/mol. The molecule has 6 nitrogen and oxygen atoms in total. The maximum atomic E-state index is 13.3. The topological polar surface area (TPSA) is 66.9 Å². The molecule has 0 atom stereocenters. The minimum Gasteiger partial charge on any atom is -0.497 e. The number of amides is 2. The predicted octanol–water partition coefficient (Wildman–Crippen LogP) is 4.05. The normalized spacial score (nSPS) is 14.4. The second-order valence-corrected chi connectivity index (χ2v) is 9.18. The number of urea groups is 1. The summed E-state index contributed by atoms with van der Waals surface area (Å²) >= 11 is 0. The summed E-state index contributed by atoms with van der Waals surface area (Å²) < 4.78 is 32.6. The highest BCUT2D eigenvalue weighted by Crippen LogP contribution is 2.35. The Morgan fingerprint density at radius 3 is 2.34 bits per heavy atom. The van der Waals surface area contributed by atoms with Crippen LogP contribution in [0.1, 0.15) is 16.7 Å². The summed E-state index contributed by atoms with van der Waals surface area (Å²) in [5.74, 6) is 6.89. The number of carbonyl (C=O) groups excluding carboxylic acids is 1. The van der Waals surface area contributed by atoms with Crippen molar-refractivity contribution in [3.05, 3.63) is 89.5 Å². The van der Waals surface area contributed by atoms with Crippen molar-refractivity contribution in [3.63, 3.8) is 0 Å². The third-order valence-corrected chi connectivity index (χ3v) is 6.99. The van der Waals surface area contributed by atoms with Gasteiger partial charge in [-0.25, -0.2) is 17.5 Å². The van der Waals surface area contributed by atoms with Crippen LogP contribution in [0.25, 0.3) is 0 Å². The highest BCUT2D eigenvalue weighted by atomic mass is 32.2. The molecule has 0 N–H and O–H groups in total. The van der Waals surface area contributed by atoms with Crippen LogP contribution in [0.2, 0.25) is 0 Å². The second kappa shape index (κ2) is 8.77. The first kappa shape index (κ1) is 21.5. The lowest BCUT2D eigenvalue weighted by molar-refractivity contribution is 0.228. The molecule has 0 bridgehead atoms. The molecule has 7 heteroatoms. The van der Waals surface area contributed by atoms with Crippen molar-refractivity contribution < 1.29 is 17.9 Å². The molecule has 32 heavy (non-hydrogen) atoms. The predicted molar refractivity (Wildman–Crippen MR) is 123 cm³/mol. The molecule has 0 saturated heterocycles. The second-order valence-electron chi connectivity index (χ2n) is 7.35. The van der Waals surface area contributed by atoms with Gasteiger partial charge in [0.1, 0.15) is 10.6 Å². The standard InChI is InChI=1S/C25H22N2O4S/c1-26-23-16-13-20(10-6-9-19-11-14-22(31-2)15-12-19)17-24(23)32(29,30)27(25(26)28)18-21-7-4-3-5-8-21/h3-5,7-8,11-17H,9,18H2,1-2H3. The summed E-state index contributed by atoms with van der Waals surface area (Å²) in [6.07, 6.45) is 0.520. The molecule has 1 heterocycles. The number of sulfonamides is 1. The molecule has 0 spiro atoms. The van der Waals surface area contributed by atoms with E-state index in [4.69, 9.17) is 4.74 Å².